The summed E-state index contributed by atoms with van der Waals surface area (Å²) in [5, 5.41) is 4.54. The first-order valence-corrected chi connectivity index (χ1v) is 10.2. The van der Waals surface area contributed by atoms with Crippen LogP contribution in [0.15, 0.2) is 18.2 Å². The third-order valence-corrected chi connectivity index (χ3v) is 6.04. The fourth-order valence-corrected chi connectivity index (χ4v) is 4.53. The van der Waals surface area contributed by atoms with Crippen LogP contribution < -0.4 is 4.74 Å². The number of carbonyl (C=O) groups is 2. The van der Waals surface area contributed by atoms with Crippen molar-refractivity contribution < 1.29 is 18.7 Å². The Kier molecular flexibility index (Phi) is 5.39. The third kappa shape index (κ3) is 3.66. The minimum atomic E-state index is -0.552. The quantitative estimate of drug-likeness (QED) is 0.741. The highest BCUT2D eigenvalue weighted by atomic mass is 19.1. The molecule has 1 aromatic heterocycles. The highest BCUT2D eigenvalue weighted by molar-refractivity contribution is 5.99. The molecule has 1 saturated heterocycles. The second kappa shape index (κ2) is 7.97. The van der Waals surface area contributed by atoms with Crippen molar-refractivity contribution in [3.63, 3.8) is 0 Å². The number of ketones is 1. The summed E-state index contributed by atoms with van der Waals surface area (Å²) in [6.07, 6.45) is 5.42. The van der Waals surface area contributed by atoms with Crippen molar-refractivity contribution >= 4 is 11.7 Å². The predicted molar refractivity (Wildman–Crippen MR) is 106 cm³/mol. The number of carbonyl (C=O) groups excluding carboxylic acids is 2. The minimum Gasteiger partial charge on any atom is -0.494 e. The average molecular weight is 399 g/mol. The van der Waals surface area contributed by atoms with Crippen LogP contribution in [0.4, 0.5) is 4.39 Å². The van der Waals surface area contributed by atoms with Crippen LogP contribution in [0.3, 0.4) is 0 Å². The van der Waals surface area contributed by atoms with E-state index in [0.29, 0.717) is 30.8 Å². The van der Waals surface area contributed by atoms with Crippen molar-refractivity contribution in [3.8, 4) is 5.75 Å². The first-order chi connectivity index (χ1) is 14.0. The number of halogens is 1. The third-order valence-electron chi connectivity index (χ3n) is 6.04. The molecule has 0 unspecified atom stereocenters. The summed E-state index contributed by atoms with van der Waals surface area (Å²) in [6, 6.07) is 4.28. The molecule has 6 nitrogen and oxygen atoms in total. The molecule has 1 amide bonds. The van der Waals surface area contributed by atoms with Crippen molar-refractivity contribution in [1.29, 1.82) is 0 Å². The number of benzene rings is 1. The number of amides is 1. The van der Waals surface area contributed by atoms with Crippen molar-refractivity contribution in [2.75, 3.05) is 20.2 Å². The first kappa shape index (κ1) is 19.6. The highest BCUT2D eigenvalue weighted by Gasteiger charge is 2.33. The number of ether oxygens (including phenoxy) is 1. The molecule has 0 bridgehead atoms. The summed E-state index contributed by atoms with van der Waals surface area (Å²) in [6.45, 7) is 0.977. The molecule has 29 heavy (non-hydrogen) atoms. The Bertz CT molecular complexity index is 953. The van der Waals surface area contributed by atoms with E-state index in [2.05, 4.69) is 5.10 Å². The lowest BCUT2D eigenvalue weighted by Crippen LogP contribution is -2.43. The molecule has 1 fully saturated rings. The van der Waals surface area contributed by atoms with Crippen molar-refractivity contribution in [2.24, 2.45) is 13.0 Å². The van der Waals surface area contributed by atoms with E-state index < -0.39 is 5.82 Å². The number of aryl methyl sites for hydroxylation is 2. The lowest BCUT2D eigenvalue weighted by molar-refractivity contribution is 0.0627. The molecule has 7 heteroatoms. The monoisotopic (exact) mass is 399 g/mol. The van der Waals surface area contributed by atoms with Crippen molar-refractivity contribution in [3.05, 3.63) is 46.5 Å². The molecule has 2 aromatic rings. The second-order valence-corrected chi connectivity index (χ2v) is 7.91. The van der Waals surface area contributed by atoms with Crippen LogP contribution in [0.1, 0.15) is 57.8 Å². The number of fused-ring (bicyclic) bond motifs is 1. The number of hydrogen-bond donors (Lipinski definition) is 0. The van der Waals surface area contributed by atoms with Gasteiger partial charge in [-0.1, -0.05) is 0 Å². The topological polar surface area (TPSA) is 64.4 Å². The number of Topliss-reactive ketones (excluding diaryl/α,β-unsaturated/α-hetero) is 1. The van der Waals surface area contributed by atoms with E-state index in [-0.39, 0.29) is 23.4 Å². The van der Waals surface area contributed by atoms with Gasteiger partial charge in [-0.15, -0.1) is 0 Å². The Labute approximate surface area is 169 Å². The number of methoxy groups -OCH3 is 1. The van der Waals surface area contributed by atoms with Crippen LogP contribution in [-0.2, 0) is 19.9 Å². The smallest absolute Gasteiger partial charge is 0.272 e. The number of aromatic nitrogens is 2. The normalized spacial score (nSPS) is 19.0. The summed E-state index contributed by atoms with van der Waals surface area (Å²) in [5.74, 6) is -0.950. The van der Waals surface area contributed by atoms with Gasteiger partial charge in [-0.05, 0) is 56.7 Å². The van der Waals surface area contributed by atoms with Crippen LogP contribution >= 0.6 is 0 Å². The van der Waals surface area contributed by atoms with Gasteiger partial charge in [0.15, 0.2) is 17.3 Å². The Morgan fingerprint density at radius 1 is 1.21 bits per heavy atom. The molecular formula is C22H26FN3O3. The number of nitrogens with zero attached hydrogens (tertiary/aromatic N) is 3. The van der Waals surface area contributed by atoms with Gasteiger partial charge in [0.25, 0.3) is 5.91 Å². The number of hydrogen-bond acceptors (Lipinski definition) is 4. The van der Waals surface area contributed by atoms with E-state index >= 15 is 0 Å². The van der Waals surface area contributed by atoms with Crippen molar-refractivity contribution in [1.82, 2.24) is 14.7 Å². The van der Waals surface area contributed by atoms with Gasteiger partial charge in [-0.25, -0.2) is 4.39 Å². The van der Waals surface area contributed by atoms with Gasteiger partial charge in [0.2, 0.25) is 0 Å². The summed E-state index contributed by atoms with van der Waals surface area (Å²) in [5.41, 5.74) is 3.07. The maximum absolute atomic E-state index is 14.0. The molecule has 1 atom stereocenters. The lowest BCUT2D eigenvalue weighted by atomic mass is 9.89. The van der Waals surface area contributed by atoms with Gasteiger partial charge in [0.1, 0.15) is 5.69 Å². The molecular weight excluding hydrogens is 373 g/mol. The highest BCUT2D eigenvalue weighted by Crippen LogP contribution is 2.28. The minimum absolute atomic E-state index is 0.0541. The number of likely N-dealkylation sites (tertiary alicyclic amines) is 1. The van der Waals surface area contributed by atoms with E-state index in [0.717, 1.165) is 43.4 Å². The molecule has 0 saturated carbocycles. The summed E-state index contributed by atoms with van der Waals surface area (Å²) in [7, 11) is 3.21. The fourth-order valence-electron chi connectivity index (χ4n) is 4.53. The van der Waals surface area contributed by atoms with Gasteiger partial charge in [-0.3, -0.25) is 14.3 Å². The molecule has 0 spiro atoms. The van der Waals surface area contributed by atoms with E-state index in [9.17, 15) is 14.0 Å². The van der Waals surface area contributed by atoms with Gasteiger partial charge < -0.3 is 9.64 Å². The molecule has 2 heterocycles. The Morgan fingerprint density at radius 2 is 2.00 bits per heavy atom. The van der Waals surface area contributed by atoms with Gasteiger partial charge in [0.05, 0.1) is 12.8 Å². The summed E-state index contributed by atoms with van der Waals surface area (Å²) < 4.78 is 20.6. The van der Waals surface area contributed by atoms with Crippen LogP contribution in [0.5, 0.6) is 5.75 Å². The van der Waals surface area contributed by atoms with E-state index in [1.807, 2.05) is 7.05 Å². The van der Waals surface area contributed by atoms with Crippen LogP contribution in [0.2, 0.25) is 0 Å². The van der Waals surface area contributed by atoms with Crippen molar-refractivity contribution in [2.45, 2.75) is 38.5 Å². The number of piperidine rings is 1. The average Bonchev–Trinajstić information content (AvgIpc) is 3.08. The zero-order valence-corrected chi connectivity index (χ0v) is 16.9. The molecule has 2 aliphatic rings. The Balaban J connectivity index is 1.53. The zero-order chi connectivity index (χ0) is 20.5. The molecule has 0 N–H and O–H groups in total. The van der Waals surface area contributed by atoms with Gasteiger partial charge in [0, 0.05) is 37.2 Å². The largest absolute Gasteiger partial charge is 0.494 e. The zero-order valence-electron chi connectivity index (χ0n) is 16.9. The number of rotatable bonds is 4. The molecule has 1 aliphatic carbocycles. The SMILES string of the molecule is COc1ccc(C(=O)[C@@H]2CCCN(C(=O)c3c4c(nn3C)CCCC4)C2)cc1F. The second-order valence-electron chi connectivity index (χ2n) is 7.91. The fraction of sp³-hybridized carbons (Fsp3) is 0.500. The standard InChI is InChI=1S/C22H26FN3O3/c1-25-20(16-7-3-4-8-18(16)24-25)22(28)26-11-5-6-15(13-26)21(27)14-9-10-19(29-2)17(23)12-14/h9-10,12,15H,3-8,11,13H2,1-2H3/t15-/m1/s1. The molecule has 1 aliphatic heterocycles. The summed E-state index contributed by atoms with van der Waals surface area (Å²) >= 11 is 0. The van der Waals surface area contributed by atoms with Crippen LogP contribution in [-0.4, -0.2) is 46.6 Å². The molecule has 154 valence electrons. The van der Waals surface area contributed by atoms with Crippen LogP contribution in [0.25, 0.3) is 0 Å². The predicted octanol–water partition coefficient (Wildman–Crippen LogP) is 3.18. The molecule has 1 aromatic carbocycles. The Morgan fingerprint density at radius 3 is 2.76 bits per heavy atom. The Hall–Kier alpha value is -2.70. The van der Waals surface area contributed by atoms with E-state index in [4.69, 9.17) is 4.74 Å². The van der Waals surface area contributed by atoms with E-state index in [1.165, 1.54) is 19.2 Å². The lowest BCUT2D eigenvalue weighted by Gasteiger charge is -2.32. The first-order valence-electron chi connectivity index (χ1n) is 10.2. The van der Waals surface area contributed by atoms with Crippen LogP contribution in [0, 0.1) is 11.7 Å². The maximum Gasteiger partial charge on any atom is 0.272 e. The maximum atomic E-state index is 14.0. The van der Waals surface area contributed by atoms with Gasteiger partial charge >= 0.3 is 0 Å². The van der Waals surface area contributed by atoms with E-state index in [1.54, 1.807) is 15.6 Å². The van der Waals surface area contributed by atoms with Gasteiger partial charge in [-0.2, -0.15) is 5.10 Å². The molecule has 0 radical (unpaired) electrons. The molecule has 4 rings (SSSR count). The summed E-state index contributed by atoms with van der Waals surface area (Å²) in [4.78, 5) is 28.0.